The van der Waals surface area contributed by atoms with Crippen LogP contribution in [0.25, 0.3) is 0 Å². The van der Waals surface area contributed by atoms with E-state index in [-0.39, 0.29) is 11.8 Å². The third-order valence-corrected chi connectivity index (χ3v) is 3.04. The van der Waals surface area contributed by atoms with Crippen LogP contribution >= 0.6 is 0 Å². The first kappa shape index (κ1) is 12.4. The summed E-state index contributed by atoms with van der Waals surface area (Å²) in [5.74, 6) is 0.710. The number of hydrogen-bond donors (Lipinski definition) is 1. The van der Waals surface area contributed by atoms with Crippen molar-refractivity contribution in [2.75, 3.05) is 13.2 Å². The molecular weight excluding hydrogens is 228 g/mol. The highest BCUT2D eigenvalue weighted by atomic mass is 16.5. The van der Waals surface area contributed by atoms with Crippen molar-refractivity contribution in [1.82, 2.24) is 5.32 Å². The van der Waals surface area contributed by atoms with E-state index in [1.165, 1.54) is 0 Å². The molecule has 0 saturated heterocycles. The van der Waals surface area contributed by atoms with Crippen LogP contribution in [0.15, 0.2) is 24.3 Å². The zero-order valence-electron chi connectivity index (χ0n) is 10.2. The van der Waals surface area contributed by atoms with Gasteiger partial charge in [-0.15, -0.1) is 0 Å². The molecule has 1 aliphatic heterocycles. The van der Waals surface area contributed by atoms with E-state index >= 15 is 0 Å². The minimum Gasteiger partial charge on any atom is -0.493 e. The Morgan fingerprint density at radius 2 is 2.33 bits per heavy atom. The van der Waals surface area contributed by atoms with Gasteiger partial charge in [0.1, 0.15) is 5.75 Å². The second-order valence-corrected chi connectivity index (χ2v) is 4.28. The highest BCUT2D eigenvalue weighted by Crippen LogP contribution is 2.33. The fraction of sp³-hybridized carbons (Fsp3) is 0.429. The molecule has 0 spiro atoms. The quantitative estimate of drug-likeness (QED) is 0.824. The molecule has 1 unspecified atom stereocenters. The van der Waals surface area contributed by atoms with E-state index in [9.17, 15) is 4.79 Å². The van der Waals surface area contributed by atoms with E-state index in [0.717, 1.165) is 11.3 Å². The lowest BCUT2D eigenvalue weighted by atomic mass is 9.92. The van der Waals surface area contributed by atoms with Crippen LogP contribution < -0.4 is 10.1 Å². The van der Waals surface area contributed by atoms with Gasteiger partial charge < -0.3 is 10.1 Å². The van der Waals surface area contributed by atoms with Crippen LogP contribution in [-0.2, 0) is 4.79 Å². The number of para-hydroxylation sites is 1. The van der Waals surface area contributed by atoms with Crippen LogP contribution in [0.4, 0.5) is 0 Å². The molecule has 0 aromatic heterocycles. The summed E-state index contributed by atoms with van der Waals surface area (Å²) >= 11 is 0. The Bertz CT molecular complexity index is 465. The molecule has 18 heavy (non-hydrogen) atoms. The van der Waals surface area contributed by atoms with Crippen molar-refractivity contribution in [2.24, 2.45) is 0 Å². The van der Waals surface area contributed by atoms with Gasteiger partial charge in [0, 0.05) is 18.5 Å². The molecule has 1 heterocycles. The number of nitriles is 1. The van der Waals surface area contributed by atoms with E-state index in [4.69, 9.17) is 10.00 Å². The van der Waals surface area contributed by atoms with Crippen LogP contribution in [0.1, 0.15) is 30.7 Å². The molecule has 1 atom stereocenters. The maximum absolute atomic E-state index is 12.1. The zero-order valence-corrected chi connectivity index (χ0v) is 10.2. The van der Waals surface area contributed by atoms with Gasteiger partial charge >= 0.3 is 0 Å². The second kappa shape index (κ2) is 6.06. The maximum atomic E-state index is 12.1. The Labute approximate surface area is 107 Å². The summed E-state index contributed by atoms with van der Waals surface area (Å²) in [5.41, 5.74) is 0.960. The van der Waals surface area contributed by atoms with Crippen molar-refractivity contribution in [3.8, 4) is 11.8 Å². The summed E-state index contributed by atoms with van der Waals surface area (Å²) in [5, 5.41) is 11.3. The van der Waals surface area contributed by atoms with Gasteiger partial charge in [0.05, 0.1) is 18.6 Å². The lowest BCUT2D eigenvalue weighted by Gasteiger charge is -2.25. The largest absolute Gasteiger partial charge is 0.493 e. The standard InChI is InChI=1S/C14H16N2O2/c15-8-3-4-9-16-14(17)12-7-10-18-13-6-2-1-5-11(12)13/h1-2,5-6,12H,3-4,7,9-10H2,(H,16,17). The van der Waals surface area contributed by atoms with Crippen molar-refractivity contribution in [3.05, 3.63) is 29.8 Å². The molecular formula is C14H16N2O2. The van der Waals surface area contributed by atoms with Crippen LogP contribution in [0.5, 0.6) is 5.75 Å². The number of amides is 1. The monoisotopic (exact) mass is 244 g/mol. The summed E-state index contributed by atoms with van der Waals surface area (Å²) in [6.07, 6.45) is 1.89. The van der Waals surface area contributed by atoms with E-state index in [2.05, 4.69) is 11.4 Å². The molecule has 0 fully saturated rings. The van der Waals surface area contributed by atoms with Crippen LogP contribution in [-0.4, -0.2) is 19.1 Å². The summed E-state index contributed by atoms with van der Waals surface area (Å²) in [6, 6.07) is 9.73. The number of ether oxygens (including phenoxy) is 1. The molecule has 4 nitrogen and oxygen atoms in total. The SMILES string of the molecule is N#CCCCNC(=O)C1CCOc2ccccc21. The number of carbonyl (C=O) groups excluding carboxylic acids is 1. The number of benzene rings is 1. The molecule has 1 N–H and O–H groups in total. The second-order valence-electron chi connectivity index (χ2n) is 4.28. The number of nitrogens with zero attached hydrogens (tertiary/aromatic N) is 1. The molecule has 1 aliphatic rings. The molecule has 4 heteroatoms. The third kappa shape index (κ3) is 2.80. The minimum atomic E-state index is -0.128. The van der Waals surface area contributed by atoms with Gasteiger partial charge in [0.2, 0.25) is 5.91 Å². The summed E-state index contributed by atoms with van der Waals surface area (Å²) < 4.78 is 5.52. The van der Waals surface area contributed by atoms with Crippen LogP contribution in [0.2, 0.25) is 0 Å². The van der Waals surface area contributed by atoms with Crippen molar-refractivity contribution in [3.63, 3.8) is 0 Å². The normalized spacial score (nSPS) is 17.2. The molecule has 1 amide bonds. The molecule has 94 valence electrons. The van der Waals surface area contributed by atoms with Gasteiger partial charge in [-0.1, -0.05) is 18.2 Å². The highest BCUT2D eigenvalue weighted by molar-refractivity contribution is 5.84. The van der Waals surface area contributed by atoms with E-state index < -0.39 is 0 Å². The number of hydrogen-bond acceptors (Lipinski definition) is 3. The molecule has 1 aromatic rings. The Morgan fingerprint density at radius 3 is 3.17 bits per heavy atom. The molecule has 1 aromatic carbocycles. The first-order chi connectivity index (χ1) is 8.83. The number of fused-ring (bicyclic) bond motifs is 1. The van der Waals surface area contributed by atoms with Crippen molar-refractivity contribution in [1.29, 1.82) is 5.26 Å². The fourth-order valence-corrected chi connectivity index (χ4v) is 2.12. The maximum Gasteiger partial charge on any atom is 0.227 e. The van der Waals surface area contributed by atoms with Gasteiger partial charge in [-0.2, -0.15) is 5.26 Å². The van der Waals surface area contributed by atoms with Crippen molar-refractivity contribution in [2.45, 2.75) is 25.2 Å². The Morgan fingerprint density at radius 1 is 1.50 bits per heavy atom. The van der Waals surface area contributed by atoms with Crippen LogP contribution in [0, 0.1) is 11.3 Å². The first-order valence-corrected chi connectivity index (χ1v) is 6.19. The van der Waals surface area contributed by atoms with Crippen molar-refractivity contribution >= 4 is 5.91 Å². The van der Waals surface area contributed by atoms with Crippen LogP contribution in [0.3, 0.4) is 0 Å². The third-order valence-electron chi connectivity index (χ3n) is 3.04. The molecule has 0 bridgehead atoms. The average Bonchev–Trinajstić information content (AvgIpc) is 2.43. The zero-order chi connectivity index (χ0) is 12.8. The number of carbonyl (C=O) groups is 1. The van der Waals surface area contributed by atoms with Gasteiger partial charge in [-0.25, -0.2) is 0 Å². The highest BCUT2D eigenvalue weighted by Gasteiger charge is 2.26. The Hall–Kier alpha value is -2.02. The smallest absolute Gasteiger partial charge is 0.227 e. The van der Waals surface area contributed by atoms with Crippen molar-refractivity contribution < 1.29 is 9.53 Å². The predicted molar refractivity (Wildman–Crippen MR) is 67.2 cm³/mol. The summed E-state index contributed by atoms with van der Waals surface area (Å²) in [4.78, 5) is 12.1. The lowest BCUT2D eigenvalue weighted by Crippen LogP contribution is -2.32. The molecule has 0 radical (unpaired) electrons. The van der Waals surface area contributed by atoms with E-state index in [1.54, 1.807) is 0 Å². The Balaban J connectivity index is 1.98. The number of rotatable bonds is 4. The summed E-state index contributed by atoms with van der Waals surface area (Å²) in [6.45, 7) is 1.14. The van der Waals surface area contributed by atoms with Gasteiger partial charge in [0.25, 0.3) is 0 Å². The molecule has 0 aliphatic carbocycles. The van der Waals surface area contributed by atoms with Gasteiger partial charge in [-0.05, 0) is 18.9 Å². The number of unbranched alkanes of at least 4 members (excludes halogenated alkanes) is 1. The average molecular weight is 244 g/mol. The molecule has 0 saturated carbocycles. The van der Waals surface area contributed by atoms with E-state index in [1.807, 2.05) is 24.3 Å². The van der Waals surface area contributed by atoms with E-state index in [0.29, 0.717) is 32.4 Å². The fourth-order valence-electron chi connectivity index (χ4n) is 2.12. The topological polar surface area (TPSA) is 62.1 Å². The first-order valence-electron chi connectivity index (χ1n) is 6.19. The van der Waals surface area contributed by atoms with Gasteiger partial charge in [0.15, 0.2) is 0 Å². The predicted octanol–water partition coefficient (Wildman–Crippen LogP) is 1.97. The molecule has 2 rings (SSSR count). The number of nitrogens with one attached hydrogen (secondary N) is 1. The summed E-state index contributed by atoms with van der Waals surface area (Å²) in [7, 11) is 0. The van der Waals surface area contributed by atoms with Gasteiger partial charge in [-0.3, -0.25) is 4.79 Å². The minimum absolute atomic E-state index is 0.0312. The Kier molecular flexibility index (Phi) is 4.19. The lowest BCUT2D eigenvalue weighted by molar-refractivity contribution is -0.123.